The second-order valence-electron chi connectivity index (χ2n) is 3.75. The average Bonchev–Trinajstić information content (AvgIpc) is 2.19. The Morgan fingerprint density at radius 1 is 1.36 bits per heavy atom. The molecule has 0 aromatic heterocycles. The summed E-state index contributed by atoms with van der Waals surface area (Å²) in [6.07, 6.45) is 1.12. The van der Waals surface area contributed by atoms with Gasteiger partial charge in [-0.2, -0.15) is 0 Å². The van der Waals surface area contributed by atoms with Crippen LogP contribution in [0.3, 0.4) is 0 Å². The molecule has 0 radical (unpaired) electrons. The van der Waals surface area contributed by atoms with Crippen molar-refractivity contribution in [3.8, 4) is 0 Å². The molecule has 76 valence electrons. The van der Waals surface area contributed by atoms with E-state index in [0.29, 0.717) is 25.3 Å². The summed E-state index contributed by atoms with van der Waals surface area (Å²) in [5, 5.41) is 0. The van der Waals surface area contributed by atoms with Gasteiger partial charge in [0.1, 0.15) is 5.78 Å². The number of benzene rings is 1. The quantitative estimate of drug-likeness (QED) is 0.771. The van der Waals surface area contributed by atoms with E-state index in [9.17, 15) is 4.79 Å². The predicted octanol–water partition coefficient (Wildman–Crippen LogP) is 1.78. The molecule has 14 heavy (non-hydrogen) atoms. The van der Waals surface area contributed by atoms with E-state index in [1.165, 1.54) is 0 Å². The first-order chi connectivity index (χ1) is 6.72. The molecule has 1 unspecified atom stereocenters. The molecule has 0 fully saturated rings. The van der Waals surface area contributed by atoms with Crippen LogP contribution in [0.4, 0.5) is 0 Å². The van der Waals surface area contributed by atoms with Gasteiger partial charge >= 0.3 is 0 Å². The van der Waals surface area contributed by atoms with Crippen LogP contribution >= 0.6 is 0 Å². The molecule has 2 N–H and O–H groups in total. The molecular formula is C12H17NO. The zero-order valence-electron chi connectivity index (χ0n) is 8.57. The van der Waals surface area contributed by atoms with E-state index in [1.54, 1.807) is 0 Å². The summed E-state index contributed by atoms with van der Waals surface area (Å²) in [4.78, 5) is 11.5. The second kappa shape index (κ2) is 5.55. The van der Waals surface area contributed by atoms with Gasteiger partial charge in [-0.1, -0.05) is 37.3 Å². The Morgan fingerprint density at radius 2 is 2.00 bits per heavy atom. The van der Waals surface area contributed by atoms with Gasteiger partial charge in [0.05, 0.1) is 0 Å². The van der Waals surface area contributed by atoms with Crippen LogP contribution in [0.1, 0.15) is 18.9 Å². The molecule has 0 bridgehead atoms. The molecule has 1 aromatic rings. The van der Waals surface area contributed by atoms with Crippen molar-refractivity contribution < 1.29 is 4.79 Å². The molecule has 2 nitrogen and oxygen atoms in total. The number of ketones is 1. The van der Waals surface area contributed by atoms with Crippen LogP contribution < -0.4 is 5.73 Å². The number of hydrogen-bond acceptors (Lipinski definition) is 2. The highest BCUT2D eigenvalue weighted by Gasteiger charge is 2.07. The number of hydrogen-bond donors (Lipinski definition) is 1. The first-order valence-electron chi connectivity index (χ1n) is 4.98. The number of carbonyl (C=O) groups excluding carboxylic acids is 1. The molecule has 0 heterocycles. The van der Waals surface area contributed by atoms with E-state index >= 15 is 0 Å². The van der Waals surface area contributed by atoms with Gasteiger partial charge in [-0.25, -0.2) is 0 Å². The zero-order valence-corrected chi connectivity index (χ0v) is 8.57. The molecule has 0 saturated carbocycles. The highest BCUT2D eigenvalue weighted by Crippen LogP contribution is 2.06. The maximum Gasteiger partial charge on any atom is 0.137 e. The van der Waals surface area contributed by atoms with E-state index in [4.69, 9.17) is 5.73 Å². The van der Waals surface area contributed by atoms with Crippen molar-refractivity contribution in [2.45, 2.75) is 19.8 Å². The molecule has 0 saturated heterocycles. The molecule has 0 aliphatic rings. The van der Waals surface area contributed by atoms with Gasteiger partial charge in [-0.05, 0) is 18.0 Å². The lowest BCUT2D eigenvalue weighted by Crippen LogP contribution is -2.16. The largest absolute Gasteiger partial charge is 0.330 e. The van der Waals surface area contributed by atoms with Crippen molar-refractivity contribution in [2.24, 2.45) is 11.7 Å². The van der Waals surface area contributed by atoms with Crippen LogP contribution in [0.5, 0.6) is 0 Å². The Hall–Kier alpha value is -1.15. The monoisotopic (exact) mass is 191 g/mol. The lowest BCUT2D eigenvalue weighted by Gasteiger charge is -2.06. The number of carbonyl (C=O) groups is 1. The van der Waals surface area contributed by atoms with E-state index in [1.807, 2.05) is 37.3 Å². The third kappa shape index (κ3) is 3.71. The first kappa shape index (κ1) is 10.9. The Bertz CT molecular complexity index is 282. The highest BCUT2D eigenvalue weighted by molar-refractivity contribution is 5.81. The second-order valence-corrected chi connectivity index (χ2v) is 3.75. The summed E-state index contributed by atoms with van der Waals surface area (Å²) in [6, 6.07) is 9.82. The lowest BCUT2D eigenvalue weighted by atomic mass is 10.00. The van der Waals surface area contributed by atoms with Gasteiger partial charge in [-0.3, -0.25) is 4.79 Å². The van der Waals surface area contributed by atoms with E-state index in [-0.39, 0.29) is 5.78 Å². The third-order valence-corrected chi connectivity index (χ3v) is 2.22. The Labute approximate surface area is 85.1 Å². The van der Waals surface area contributed by atoms with E-state index in [0.717, 1.165) is 5.56 Å². The van der Waals surface area contributed by atoms with Gasteiger partial charge in [0, 0.05) is 12.8 Å². The molecule has 2 heteroatoms. The highest BCUT2D eigenvalue weighted by atomic mass is 16.1. The molecular weight excluding hydrogens is 174 g/mol. The van der Waals surface area contributed by atoms with Crippen LogP contribution in [0.25, 0.3) is 0 Å². The normalized spacial score (nSPS) is 12.4. The predicted molar refractivity (Wildman–Crippen MR) is 58.0 cm³/mol. The minimum atomic E-state index is 0.272. The summed E-state index contributed by atoms with van der Waals surface area (Å²) in [7, 11) is 0. The number of rotatable bonds is 5. The third-order valence-electron chi connectivity index (χ3n) is 2.22. The molecule has 0 aliphatic heterocycles. The van der Waals surface area contributed by atoms with E-state index < -0.39 is 0 Å². The topological polar surface area (TPSA) is 43.1 Å². The minimum absolute atomic E-state index is 0.272. The molecule has 0 amide bonds. The van der Waals surface area contributed by atoms with Crippen molar-refractivity contribution in [1.82, 2.24) is 0 Å². The smallest absolute Gasteiger partial charge is 0.137 e. The fourth-order valence-corrected chi connectivity index (χ4v) is 1.37. The number of Topliss-reactive ketones (excluding diaryl/α,β-unsaturated/α-hetero) is 1. The summed E-state index contributed by atoms with van der Waals surface area (Å²) >= 11 is 0. The van der Waals surface area contributed by atoms with Crippen molar-refractivity contribution in [3.05, 3.63) is 35.9 Å². The molecule has 1 aromatic carbocycles. The summed E-state index contributed by atoms with van der Waals surface area (Å²) < 4.78 is 0. The van der Waals surface area contributed by atoms with Crippen LogP contribution in [-0.2, 0) is 11.2 Å². The van der Waals surface area contributed by atoms with Crippen molar-refractivity contribution in [1.29, 1.82) is 0 Å². The Morgan fingerprint density at radius 3 is 2.57 bits per heavy atom. The van der Waals surface area contributed by atoms with Crippen LogP contribution in [-0.4, -0.2) is 12.3 Å². The van der Waals surface area contributed by atoms with Crippen molar-refractivity contribution in [3.63, 3.8) is 0 Å². The lowest BCUT2D eigenvalue weighted by molar-refractivity contribution is -0.119. The molecule has 0 spiro atoms. The molecule has 0 aliphatic carbocycles. The molecule has 1 atom stereocenters. The van der Waals surface area contributed by atoms with Crippen LogP contribution in [0.2, 0.25) is 0 Å². The van der Waals surface area contributed by atoms with Gasteiger partial charge in [-0.15, -0.1) is 0 Å². The average molecular weight is 191 g/mol. The Balaban J connectivity index is 2.42. The summed E-state index contributed by atoms with van der Waals surface area (Å²) in [5.41, 5.74) is 6.55. The van der Waals surface area contributed by atoms with Gasteiger partial charge in [0.2, 0.25) is 0 Å². The van der Waals surface area contributed by atoms with Gasteiger partial charge in [0.15, 0.2) is 0 Å². The maximum atomic E-state index is 11.5. The minimum Gasteiger partial charge on any atom is -0.330 e. The Kier molecular flexibility index (Phi) is 4.33. The standard InChI is InChI=1S/C12H17NO/c1-10(9-13)7-12(14)8-11-5-3-2-4-6-11/h2-6,10H,7-9,13H2,1H3. The van der Waals surface area contributed by atoms with Crippen molar-refractivity contribution in [2.75, 3.05) is 6.54 Å². The van der Waals surface area contributed by atoms with Gasteiger partial charge < -0.3 is 5.73 Å². The maximum absolute atomic E-state index is 11.5. The van der Waals surface area contributed by atoms with E-state index in [2.05, 4.69) is 0 Å². The van der Waals surface area contributed by atoms with Crippen LogP contribution in [0, 0.1) is 5.92 Å². The van der Waals surface area contributed by atoms with Gasteiger partial charge in [0.25, 0.3) is 0 Å². The SMILES string of the molecule is CC(CN)CC(=O)Cc1ccccc1. The fourth-order valence-electron chi connectivity index (χ4n) is 1.37. The summed E-state index contributed by atoms with van der Waals surface area (Å²) in [5.74, 6) is 0.570. The molecule has 1 rings (SSSR count). The van der Waals surface area contributed by atoms with Crippen molar-refractivity contribution >= 4 is 5.78 Å². The number of nitrogens with two attached hydrogens (primary N) is 1. The first-order valence-corrected chi connectivity index (χ1v) is 4.98. The summed E-state index contributed by atoms with van der Waals surface area (Å²) in [6.45, 7) is 2.59. The zero-order chi connectivity index (χ0) is 10.4. The van der Waals surface area contributed by atoms with Crippen LogP contribution in [0.15, 0.2) is 30.3 Å². The fraction of sp³-hybridized carbons (Fsp3) is 0.417.